The summed E-state index contributed by atoms with van der Waals surface area (Å²) in [6.45, 7) is 1.42. The van der Waals surface area contributed by atoms with Crippen LogP contribution < -0.4 is 0 Å². The molecule has 1 atom stereocenters. The Morgan fingerprint density at radius 1 is 1.75 bits per heavy atom. The number of nitrogens with zero attached hydrogens (tertiary/aromatic N) is 1. The SMILES string of the molecule is N#CC1COCCS1. The number of thioether (sulfide) groups is 1. The zero-order chi connectivity index (χ0) is 5.82. The van der Waals surface area contributed by atoms with E-state index in [1.165, 1.54) is 0 Å². The predicted octanol–water partition coefficient (Wildman–Crippen LogP) is 0.642. The Bertz CT molecular complexity index is 103. The van der Waals surface area contributed by atoms with Gasteiger partial charge < -0.3 is 4.74 Å². The van der Waals surface area contributed by atoms with Gasteiger partial charge in [-0.05, 0) is 0 Å². The van der Waals surface area contributed by atoms with Crippen LogP contribution >= 0.6 is 11.8 Å². The Morgan fingerprint density at radius 3 is 3.00 bits per heavy atom. The van der Waals surface area contributed by atoms with Gasteiger partial charge in [-0.25, -0.2) is 0 Å². The first-order valence-electron chi connectivity index (χ1n) is 2.52. The summed E-state index contributed by atoms with van der Waals surface area (Å²) in [6.07, 6.45) is 0. The fraction of sp³-hybridized carbons (Fsp3) is 0.800. The van der Waals surface area contributed by atoms with Gasteiger partial charge in [0.25, 0.3) is 0 Å². The first-order chi connectivity index (χ1) is 3.93. The molecule has 1 heterocycles. The fourth-order valence-corrected chi connectivity index (χ4v) is 1.33. The number of ether oxygens (including phenoxy) is 1. The van der Waals surface area contributed by atoms with Crippen LogP contribution in [0.25, 0.3) is 0 Å². The third-order valence-electron chi connectivity index (χ3n) is 0.960. The lowest BCUT2D eigenvalue weighted by Crippen LogP contribution is -2.18. The van der Waals surface area contributed by atoms with Gasteiger partial charge in [-0.15, -0.1) is 11.8 Å². The summed E-state index contributed by atoms with van der Waals surface area (Å²) in [5.74, 6) is 0.970. The monoisotopic (exact) mass is 129 g/mol. The Morgan fingerprint density at radius 2 is 2.62 bits per heavy atom. The topological polar surface area (TPSA) is 33.0 Å². The molecule has 1 saturated heterocycles. The molecule has 0 aromatic rings. The second-order valence-electron chi connectivity index (χ2n) is 1.56. The molecule has 0 aromatic carbocycles. The maximum absolute atomic E-state index is 8.34. The second-order valence-corrected chi connectivity index (χ2v) is 2.87. The summed E-state index contributed by atoms with van der Waals surface area (Å²) in [4.78, 5) is 0. The molecule has 0 radical (unpaired) electrons. The molecule has 0 saturated carbocycles. The number of rotatable bonds is 0. The van der Waals surface area contributed by atoms with Crippen molar-refractivity contribution in [3.8, 4) is 6.07 Å². The van der Waals surface area contributed by atoms with E-state index in [1.807, 2.05) is 0 Å². The molecule has 0 amide bonds. The van der Waals surface area contributed by atoms with E-state index in [4.69, 9.17) is 10.00 Å². The highest BCUT2D eigenvalue weighted by atomic mass is 32.2. The van der Waals surface area contributed by atoms with E-state index >= 15 is 0 Å². The van der Waals surface area contributed by atoms with E-state index < -0.39 is 0 Å². The van der Waals surface area contributed by atoms with Gasteiger partial charge >= 0.3 is 0 Å². The molecule has 8 heavy (non-hydrogen) atoms. The zero-order valence-electron chi connectivity index (χ0n) is 4.46. The van der Waals surface area contributed by atoms with Crippen LogP contribution in [0.1, 0.15) is 0 Å². The van der Waals surface area contributed by atoms with Crippen molar-refractivity contribution in [1.29, 1.82) is 5.26 Å². The Kier molecular flexibility index (Phi) is 2.19. The molecule has 1 fully saturated rings. The van der Waals surface area contributed by atoms with Crippen LogP contribution in [0, 0.1) is 11.3 Å². The first kappa shape index (κ1) is 5.93. The summed E-state index contributed by atoms with van der Waals surface area (Å²) in [5, 5.41) is 8.43. The van der Waals surface area contributed by atoms with Crippen molar-refractivity contribution in [2.75, 3.05) is 19.0 Å². The quantitative estimate of drug-likeness (QED) is 0.481. The van der Waals surface area contributed by atoms with Crippen molar-refractivity contribution in [1.82, 2.24) is 0 Å². The number of hydrogen-bond donors (Lipinski definition) is 0. The third kappa shape index (κ3) is 1.39. The molecule has 1 unspecified atom stereocenters. The van der Waals surface area contributed by atoms with Crippen LogP contribution in [0.4, 0.5) is 0 Å². The zero-order valence-corrected chi connectivity index (χ0v) is 5.28. The third-order valence-corrected chi connectivity index (χ3v) is 2.01. The summed E-state index contributed by atoms with van der Waals surface area (Å²) in [7, 11) is 0. The van der Waals surface area contributed by atoms with Gasteiger partial charge in [-0.1, -0.05) is 0 Å². The van der Waals surface area contributed by atoms with Crippen molar-refractivity contribution in [2.45, 2.75) is 5.25 Å². The average Bonchev–Trinajstić information content (AvgIpc) is 1.90. The molecule has 0 aliphatic carbocycles. The van der Waals surface area contributed by atoms with Gasteiger partial charge in [0.15, 0.2) is 0 Å². The van der Waals surface area contributed by atoms with Gasteiger partial charge in [0.1, 0.15) is 5.25 Å². The van der Waals surface area contributed by atoms with E-state index in [0.29, 0.717) is 6.61 Å². The lowest BCUT2D eigenvalue weighted by atomic mass is 10.5. The van der Waals surface area contributed by atoms with Crippen LogP contribution in [0.15, 0.2) is 0 Å². The first-order valence-corrected chi connectivity index (χ1v) is 3.57. The van der Waals surface area contributed by atoms with E-state index in [9.17, 15) is 0 Å². The summed E-state index contributed by atoms with van der Waals surface area (Å²) < 4.78 is 5.03. The second kappa shape index (κ2) is 2.95. The van der Waals surface area contributed by atoms with E-state index in [-0.39, 0.29) is 5.25 Å². The van der Waals surface area contributed by atoms with Crippen LogP contribution in [0.3, 0.4) is 0 Å². The molecule has 0 N–H and O–H groups in total. The van der Waals surface area contributed by atoms with Gasteiger partial charge in [-0.2, -0.15) is 5.26 Å². The molecule has 0 spiro atoms. The van der Waals surface area contributed by atoms with Crippen molar-refractivity contribution in [3.05, 3.63) is 0 Å². The minimum atomic E-state index is 0.0868. The largest absolute Gasteiger partial charge is 0.378 e. The van der Waals surface area contributed by atoms with Crippen molar-refractivity contribution in [3.63, 3.8) is 0 Å². The minimum Gasteiger partial charge on any atom is -0.378 e. The fourth-order valence-electron chi connectivity index (χ4n) is 0.562. The maximum Gasteiger partial charge on any atom is 0.115 e. The maximum atomic E-state index is 8.34. The highest BCUT2D eigenvalue weighted by molar-refractivity contribution is 8.00. The highest BCUT2D eigenvalue weighted by Gasteiger charge is 2.11. The van der Waals surface area contributed by atoms with Crippen LogP contribution in [-0.4, -0.2) is 24.2 Å². The molecule has 1 aliphatic heterocycles. The van der Waals surface area contributed by atoms with Gasteiger partial charge in [0.2, 0.25) is 0 Å². The molecule has 0 aromatic heterocycles. The molecular formula is C5H7NOS. The molecular weight excluding hydrogens is 122 g/mol. The molecule has 2 nitrogen and oxygen atoms in total. The predicted molar refractivity (Wildman–Crippen MR) is 32.7 cm³/mol. The van der Waals surface area contributed by atoms with Crippen molar-refractivity contribution in [2.24, 2.45) is 0 Å². The summed E-state index contributed by atoms with van der Waals surface area (Å²) in [5.41, 5.74) is 0. The van der Waals surface area contributed by atoms with Crippen LogP contribution in [0.5, 0.6) is 0 Å². The Labute approximate surface area is 52.8 Å². The number of hydrogen-bond acceptors (Lipinski definition) is 3. The lowest BCUT2D eigenvalue weighted by Gasteiger charge is -2.14. The minimum absolute atomic E-state index is 0.0868. The van der Waals surface area contributed by atoms with Crippen LogP contribution in [-0.2, 0) is 4.74 Å². The van der Waals surface area contributed by atoms with Gasteiger partial charge in [-0.3, -0.25) is 0 Å². The van der Waals surface area contributed by atoms with Gasteiger partial charge in [0, 0.05) is 5.75 Å². The normalized spacial score (nSPS) is 29.1. The Balaban J connectivity index is 2.25. The molecule has 44 valence electrons. The van der Waals surface area contributed by atoms with Gasteiger partial charge in [0.05, 0.1) is 19.3 Å². The molecule has 0 bridgehead atoms. The summed E-state index contributed by atoms with van der Waals surface area (Å²) in [6, 6.07) is 2.14. The van der Waals surface area contributed by atoms with Crippen LogP contribution in [0.2, 0.25) is 0 Å². The molecule has 1 rings (SSSR count). The molecule has 3 heteroatoms. The Hall–Kier alpha value is -0.200. The number of nitriles is 1. The molecule has 1 aliphatic rings. The summed E-state index contributed by atoms with van der Waals surface area (Å²) >= 11 is 1.68. The van der Waals surface area contributed by atoms with Crippen molar-refractivity contribution >= 4 is 11.8 Å². The lowest BCUT2D eigenvalue weighted by molar-refractivity contribution is 0.152. The smallest absolute Gasteiger partial charge is 0.115 e. The average molecular weight is 129 g/mol. The standard InChI is InChI=1S/C5H7NOS/c6-3-5-4-7-1-2-8-5/h5H,1-2,4H2. The van der Waals surface area contributed by atoms with Crippen molar-refractivity contribution < 1.29 is 4.74 Å². The van der Waals surface area contributed by atoms with E-state index in [2.05, 4.69) is 6.07 Å². The highest BCUT2D eigenvalue weighted by Crippen LogP contribution is 2.14. The van der Waals surface area contributed by atoms with E-state index in [1.54, 1.807) is 11.8 Å². The van der Waals surface area contributed by atoms with E-state index in [0.717, 1.165) is 12.4 Å².